The highest BCUT2D eigenvalue weighted by Gasteiger charge is 2.13. The maximum Gasteiger partial charge on any atom is 0.252 e. The summed E-state index contributed by atoms with van der Waals surface area (Å²) in [6, 6.07) is 15.4. The second kappa shape index (κ2) is 7.90. The summed E-state index contributed by atoms with van der Waals surface area (Å²) in [4.78, 5) is 13.3. The maximum absolute atomic E-state index is 12.3. The Balaban J connectivity index is 1.93. The molecule has 3 nitrogen and oxygen atoms in total. The van der Waals surface area contributed by atoms with Crippen molar-refractivity contribution in [2.24, 2.45) is 0 Å². The molecule has 0 spiro atoms. The van der Waals surface area contributed by atoms with Gasteiger partial charge in [-0.3, -0.25) is 4.79 Å². The van der Waals surface area contributed by atoms with E-state index in [-0.39, 0.29) is 11.9 Å². The predicted octanol–water partition coefficient (Wildman–Crippen LogP) is 3.91. The van der Waals surface area contributed by atoms with Crippen molar-refractivity contribution < 1.29 is 9.53 Å². The van der Waals surface area contributed by atoms with Gasteiger partial charge in [-0.15, -0.1) is 11.8 Å². The van der Waals surface area contributed by atoms with Gasteiger partial charge in [-0.1, -0.05) is 30.3 Å². The molecule has 1 atom stereocenters. The summed E-state index contributed by atoms with van der Waals surface area (Å²) in [7, 11) is 0. The molecule has 0 saturated heterocycles. The first-order valence-electron chi connectivity index (χ1n) is 7.24. The minimum atomic E-state index is -0.0676. The van der Waals surface area contributed by atoms with E-state index in [1.807, 2.05) is 68.6 Å². The molecule has 4 heteroatoms. The van der Waals surface area contributed by atoms with Crippen LogP contribution in [0, 0.1) is 6.92 Å². The largest absolute Gasteiger partial charge is 0.491 e. The van der Waals surface area contributed by atoms with Crippen molar-refractivity contribution in [3.63, 3.8) is 0 Å². The Morgan fingerprint density at radius 1 is 1.18 bits per heavy atom. The van der Waals surface area contributed by atoms with E-state index in [1.54, 1.807) is 11.8 Å². The summed E-state index contributed by atoms with van der Waals surface area (Å²) in [6.45, 7) is 4.39. The second-order valence-electron chi connectivity index (χ2n) is 5.15. The van der Waals surface area contributed by atoms with Gasteiger partial charge in [0.25, 0.3) is 5.91 Å². The van der Waals surface area contributed by atoms with Gasteiger partial charge < -0.3 is 10.1 Å². The van der Waals surface area contributed by atoms with Crippen LogP contribution >= 0.6 is 11.8 Å². The van der Waals surface area contributed by atoms with E-state index in [4.69, 9.17) is 4.74 Å². The predicted molar refractivity (Wildman–Crippen MR) is 91.8 cm³/mol. The van der Waals surface area contributed by atoms with Gasteiger partial charge in [0.05, 0.1) is 11.6 Å². The Labute approximate surface area is 136 Å². The number of ether oxygens (including phenoxy) is 1. The SMILES string of the molecule is CSc1ccccc1C(=O)N[C@@H](C)COc1ccccc1C. The number of para-hydroxylation sites is 1. The standard InChI is InChI=1S/C18H21NO2S/c1-13-8-4-6-10-16(13)21-12-14(2)19-18(20)15-9-5-7-11-17(15)22-3/h4-11,14H,12H2,1-3H3,(H,19,20)/t14-/m0/s1. The number of carbonyl (C=O) groups is 1. The van der Waals surface area contributed by atoms with E-state index >= 15 is 0 Å². The molecule has 0 aliphatic rings. The molecule has 1 N–H and O–H groups in total. The molecule has 22 heavy (non-hydrogen) atoms. The minimum Gasteiger partial charge on any atom is -0.491 e. The van der Waals surface area contributed by atoms with Crippen LogP contribution in [0.2, 0.25) is 0 Å². The van der Waals surface area contributed by atoms with Crippen molar-refractivity contribution in [3.05, 3.63) is 59.7 Å². The summed E-state index contributed by atoms with van der Waals surface area (Å²) in [5.74, 6) is 0.791. The highest BCUT2D eigenvalue weighted by atomic mass is 32.2. The number of hydrogen-bond donors (Lipinski definition) is 1. The smallest absolute Gasteiger partial charge is 0.252 e. The number of hydrogen-bond acceptors (Lipinski definition) is 3. The summed E-state index contributed by atoms with van der Waals surface area (Å²) < 4.78 is 5.77. The highest BCUT2D eigenvalue weighted by molar-refractivity contribution is 7.98. The number of amides is 1. The fraction of sp³-hybridized carbons (Fsp3) is 0.278. The third-order valence-corrected chi connectivity index (χ3v) is 4.11. The summed E-state index contributed by atoms with van der Waals surface area (Å²) in [5, 5.41) is 2.98. The Kier molecular flexibility index (Phi) is 5.90. The first-order valence-corrected chi connectivity index (χ1v) is 8.46. The summed E-state index contributed by atoms with van der Waals surface area (Å²) >= 11 is 1.57. The molecule has 2 aromatic rings. The average molecular weight is 315 g/mol. The van der Waals surface area contributed by atoms with Gasteiger partial charge in [0.2, 0.25) is 0 Å². The van der Waals surface area contributed by atoms with E-state index in [9.17, 15) is 4.79 Å². The Hall–Kier alpha value is -1.94. The molecule has 116 valence electrons. The van der Waals surface area contributed by atoms with E-state index < -0.39 is 0 Å². The number of carbonyl (C=O) groups excluding carboxylic acids is 1. The Morgan fingerprint density at radius 2 is 1.86 bits per heavy atom. The fourth-order valence-corrected chi connectivity index (χ4v) is 2.70. The van der Waals surface area contributed by atoms with Gasteiger partial charge in [0.15, 0.2) is 0 Å². The lowest BCUT2D eigenvalue weighted by Crippen LogP contribution is -2.37. The lowest BCUT2D eigenvalue weighted by Gasteiger charge is -2.17. The van der Waals surface area contributed by atoms with Gasteiger partial charge in [0.1, 0.15) is 12.4 Å². The van der Waals surface area contributed by atoms with Crippen LogP contribution in [-0.2, 0) is 0 Å². The van der Waals surface area contributed by atoms with Gasteiger partial charge in [-0.05, 0) is 43.9 Å². The van der Waals surface area contributed by atoms with Crippen molar-refractivity contribution in [2.45, 2.75) is 24.8 Å². The molecule has 0 radical (unpaired) electrons. The van der Waals surface area contributed by atoms with Crippen LogP contribution < -0.4 is 10.1 Å². The summed E-state index contributed by atoms with van der Waals surface area (Å²) in [5.41, 5.74) is 1.80. The molecule has 0 aromatic heterocycles. The van der Waals surface area contributed by atoms with E-state index in [0.29, 0.717) is 12.2 Å². The molecule has 0 bridgehead atoms. The molecule has 0 aliphatic heterocycles. The van der Waals surface area contributed by atoms with Crippen LogP contribution in [0.25, 0.3) is 0 Å². The number of benzene rings is 2. The van der Waals surface area contributed by atoms with Crippen molar-refractivity contribution in [1.29, 1.82) is 0 Å². The fourth-order valence-electron chi connectivity index (χ4n) is 2.11. The van der Waals surface area contributed by atoms with Gasteiger partial charge in [0, 0.05) is 4.90 Å². The molecule has 0 fully saturated rings. The van der Waals surface area contributed by atoms with Crippen molar-refractivity contribution in [1.82, 2.24) is 5.32 Å². The number of thioether (sulfide) groups is 1. The molecule has 2 aromatic carbocycles. The monoisotopic (exact) mass is 315 g/mol. The van der Waals surface area contributed by atoms with Crippen molar-refractivity contribution in [2.75, 3.05) is 12.9 Å². The van der Waals surface area contributed by atoms with Crippen LogP contribution in [0.5, 0.6) is 5.75 Å². The minimum absolute atomic E-state index is 0.0640. The van der Waals surface area contributed by atoms with Crippen LogP contribution in [0.3, 0.4) is 0 Å². The number of rotatable bonds is 6. The Bertz CT molecular complexity index is 642. The van der Waals surface area contributed by atoms with Crippen LogP contribution in [0.15, 0.2) is 53.4 Å². The van der Waals surface area contributed by atoms with Crippen molar-refractivity contribution in [3.8, 4) is 5.75 Å². The van der Waals surface area contributed by atoms with Crippen molar-refractivity contribution >= 4 is 17.7 Å². The lowest BCUT2D eigenvalue weighted by molar-refractivity contribution is 0.0923. The maximum atomic E-state index is 12.3. The molecule has 0 heterocycles. The zero-order chi connectivity index (χ0) is 15.9. The van der Waals surface area contributed by atoms with Gasteiger partial charge in [-0.25, -0.2) is 0 Å². The zero-order valence-electron chi connectivity index (χ0n) is 13.1. The third-order valence-electron chi connectivity index (χ3n) is 3.31. The van der Waals surface area contributed by atoms with Gasteiger partial charge >= 0.3 is 0 Å². The van der Waals surface area contributed by atoms with E-state index in [0.717, 1.165) is 16.2 Å². The topological polar surface area (TPSA) is 38.3 Å². The average Bonchev–Trinajstić information content (AvgIpc) is 2.54. The summed E-state index contributed by atoms with van der Waals surface area (Å²) in [6.07, 6.45) is 1.97. The zero-order valence-corrected chi connectivity index (χ0v) is 13.9. The van der Waals surface area contributed by atoms with E-state index in [2.05, 4.69) is 5.32 Å². The molecule has 1 amide bonds. The highest BCUT2D eigenvalue weighted by Crippen LogP contribution is 2.20. The first kappa shape index (κ1) is 16.4. The third kappa shape index (κ3) is 4.28. The molecule has 0 aliphatic carbocycles. The number of aryl methyl sites for hydroxylation is 1. The second-order valence-corrected chi connectivity index (χ2v) is 6.00. The van der Waals surface area contributed by atoms with Gasteiger partial charge in [-0.2, -0.15) is 0 Å². The molecular formula is C18H21NO2S. The van der Waals surface area contributed by atoms with Crippen LogP contribution in [0.1, 0.15) is 22.8 Å². The quantitative estimate of drug-likeness (QED) is 0.821. The normalized spacial score (nSPS) is 11.8. The first-order chi connectivity index (χ1) is 10.6. The van der Waals surface area contributed by atoms with Crippen LogP contribution in [0.4, 0.5) is 0 Å². The molecule has 2 rings (SSSR count). The molecule has 0 saturated carbocycles. The lowest BCUT2D eigenvalue weighted by atomic mass is 10.2. The Morgan fingerprint density at radius 3 is 2.59 bits per heavy atom. The molecular weight excluding hydrogens is 294 g/mol. The van der Waals surface area contributed by atoms with Crippen LogP contribution in [-0.4, -0.2) is 24.8 Å². The van der Waals surface area contributed by atoms with E-state index in [1.165, 1.54) is 0 Å². The number of nitrogens with one attached hydrogen (secondary N) is 1. The molecule has 0 unspecified atom stereocenters.